The molecule has 0 amide bonds. The first-order chi connectivity index (χ1) is 10.1. The number of aromatic amines is 1. The Balaban J connectivity index is 1.77. The zero-order valence-electron chi connectivity index (χ0n) is 12.6. The van der Waals surface area contributed by atoms with Crippen LogP contribution in [0.5, 0.6) is 0 Å². The van der Waals surface area contributed by atoms with Crippen LogP contribution in [0.3, 0.4) is 0 Å². The molecule has 4 rings (SSSR count). The summed E-state index contributed by atoms with van der Waals surface area (Å²) in [6.45, 7) is 4.43. The number of hydrogen-bond donors (Lipinski definition) is 2. The fourth-order valence-corrected chi connectivity index (χ4v) is 4.76. The molecule has 3 N–H and O–H groups in total. The van der Waals surface area contributed by atoms with E-state index in [0.29, 0.717) is 0 Å². The van der Waals surface area contributed by atoms with Crippen molar-refractivity contribution >= 4 is 21.6 Å². The van der Waals surface area contributed by atoms with Crippen LogP contribution in [0.25, 0.3) is 10.2 Å². The summed E-state index contributed by atoms with van der Waals surface area (Å²) in [5.41, 5.74) is 1.34. The molecule has 2 heterocycles. The fraction of sp³-hybridized carbons (Fsp3) is 0.625. The lowest BCUT2D eigenvalue weighted by molar-refractivity contribution is -0.706. The second-order valence-corrected chi connectivity index (χ2v) is 7.89. The highest BCUT2D eigenvalue weighted by molar-refractivity contribution is 7.18. The molecule has 1 fully saturated rings. The van der Waals surface area contributed by atoms with Crippen molar-refractivity contribution in [1.29, 1.82) is 0 Å². The maximum absolute atomic E-state index is 12.5. The van der Waals surface area contributed by atoms with Gasteiger partial charge in [-0.25, -0.2) is 4.98 Å². The van der Waals surface area contributed by atoms with Gasteiger partial charge in [-0.3, -0.25) is 4.79 Å². The predicted octanol–water partition coefficient (Wildman–Crippen LogP) is 1.90. The number of aromatic nitrogens is 2. The van der Waals surface area contributed by atoms with Crippen molar-refractivity contribution in [2.75, 3.05) is 0 Å². The number of nitrogens with two attached hydrogens (primary N) is 1. The second kappa shape index (κ2) is 4.92. The van der Waals surface area contributed by atoms with Gasteiger partial charge in [-0.2, -0.15) is 0 Å². The third-order valence-electron chi connectivity index (χ3n) is 4.80. The SMILES string of the molecule is C[C@@H]1CCc2c(sc3nc([C@@H](C)[NH2+]C4CC4)[nH]c(=O)c23)C1. The summed E-state index contributed by atoms with van der Waals surface area (Å²) in [7, 11) is 0. The Hall–Kier alpha value is -1.20. The van der Waals surface area contributed by atoms with Crippen LogP contribution in [0.15, 0.2) is 4.79 Å². The average molecular weight is 304 g/mol. The van der Waals surface area contributed by atoms with E-state index in [1.807, 2.05) is 0 Å². The van der Waals surface area contributed by atoms with Crippen molar-refractivity contribution in [1.82, 2.24) is 9.97 Å². The maximum Gasteiger partial charge on any atom is 0.260 e. The van der Waals surface area contributed by atoms with Crippen LogP contribution < -0.4 is 10.9 Å². The maximum atomic E-state index is 12.5. The quantitative estimate of drug-likeness (QED) is 0.909. The first-order valence-corrected chi connectivity index (χ1v) is 8.83. The van der Waals surface area contributed by atoms with E-state index in [-0.39, 0.29) is 11.6 Å². The Kier molecular flexibility index (Phi) is 3.15. The van der Waals surface area contributed by atoms with Crippen LogP contribution in [0.4, 0.5) is 0 Å². The molecule has 0 aliphatic heterocycles. The molecule has 1 saturated carbocycles. The fourth-order valence-electron chi connectivity index (χ4n) is 3.37. The Morgan fingerprint density at radius 3 is 2.95 bits per heavy atom. The van der Waals surface area contributed by atoms with E-state index in [2.05, 4.69) is 24.1 Å². The number of quaternary nitrogens is 1. The lowest BCUT2D eigenvalue weighted by Gasteiger charge is -2.17. The first-order valence-electron chi connectivity index (χ1n) is 8.01. The molecule has 0 bridgehead atoms. The summed E-state index contributed by atoms with van der Waals surface area (Å²) in [6, 6.07) is 0.978. The Labute approximate surface area is 128 Å². The molecule has 0 saturated heterocycles. The monoisotopic (exact) mass is 304 g/mol. The van der Waals surface area contributed by atoms with Crippen molar-refractivity contribution in [2.45, 2.75) is 58.0 Å². The summed E-state index contributed by atoms with van der Waals surface area (Å²) >= 11 is 1.74. The van der Waals surface area contributed by atoms with Crippen molar-refractivity contribution in [2.24, 2.45) is 5.92 Å². The second-order valence-electron chi connectivity index (χ2n) is 6.80. The van der Waals surface area contributed by atoms with E-state index in [4.69, 9.17) is 4.98 Å². The van der Waals surface area contributed by atoms with Crippen molar-refractivity contribution < 1.29 is 5.32 Å². The molecule has 5 heteroatoms. The molecular formula is C16H22N3OS+. The van der Waals surface area contributed by atoms with Crippen LogP contribution >= 0.6 is 11.3 Å². The van der Waals surface area contributed by atoms with Crippen molar-refractivity contribution in [3.63, 3.8) is 0 Å². The smallest absolute Gasteiger partial charge is 0.260 e. The van der Waals surface area contributed by atoms with Gasteiger partial charge in [0.05, 0.1) is 11.4 Å². The molecule has 0 unspecified atom stereocenters. The number of fused-ring (bicyclic) bond motifs is 3. The van der Waals surface area contributed by atoms with Gasteiger partial charge in [0.15, 0.2) is 5.82 Å². The van der Waals surface area contributed by atoms with Crippen LogP contribution in [0, 0.1) is 5.92 Å². The van der Waals surface area contributed by atoms with Gasteiger partial charge in [0.25, 0.3) is 5.56 Å². The molecule has 2 aromatic rings. The molecule has 0 aromatic carbocycles. The van der Waals surface area contributed by atoms with Crippen LogP contribution in [-0.4, -0.2) is 16.0 Å². The van der Waals surface area contributed by atoms with E-state index in [1.165, 1.54) is 29.7 Å². The third kappa shape index (κ3) is 2.42. The highest BCUT2D eigenvalue weighted by atomic mass is 32.1. The zero-order chi connectivity index (χ0) is 14.6. The topological polar surface area (TPSA) is 62.4 Å². The molecule has 21 heavy (non-hydrogen) atoms. The zero-order valence-corrected chi connectivity index (χ0v) is 13.4. The summed E-state index contributed by atoms with van der Waals surface area (Å²) < 4.78 is 0. The number of nitrogens with zero attached hydrogens (tertiary/aromatic N) is 1. The van der Waals surface area contributed by atoms with Crippen LogP contribution in [0.1, 0.15) is 55.4 Å². The minimum Gasteiger partial charge on any atom is -0.335 e. The lowest BCUT2D eigenvalue weighted by Crippen LogP contribution is -2.86. The first kappa shape index (κ1) is 13.5. The molecule has 2 aliphatic rings. The van der Waals surface area contributed by atoms with Gasteiger partial charge < -0.3 is 10.3 Å². The Morgan fingerprint density at radius 1 is 1.38 bits per heavy atom. The minimum atomic E-state index is 0.0677. The van der Waals surface area contributed by atoms with Gasteiger partial charge in [-0.15, -0.1) is 11.3 Å². The van der Waals surface area contributed by atoms with Crippen LogP contribution in [0.2, 0.25) is 0 Å². The van der Waals surface area contributed by atoms with Gasteiger partial charge >= 0.3 is 0 Å². The summed E-state index contributed by atoms with van der Waals surface area (Å²) in [6.07, 6.45) is 5.91. The lowest BCUT2D eigenvalue weighted by atomic mass is 9.89. The molecule has 2 atom stereocenters. The van der Waals surface area contributed by atoms with Gasteiger partial charge in [0.2, 0.25) is 0 Å². The van der Waals surface area contributed by atoms with Gasteiger partial charge in [-0.1, -0.05) is 6.92 Å². The molecule has 112 valence electrons. The summed E-state index contributed by atoms with van der Waals surface area (Å²) in [5.74, 6) is 1.57. The van der Waals surface area contributed by atoms with Crippen molar-refractivity contribution in [3.05, 3.63) is 26.6 Å². The standard InChI is InChI=1S/C16H21N3OS/c1-8-3-6-11-12(7-8)21-16-13(11)15(20)18-14(19-16)9(2)17-10-4-5-10/h8-10,17H,3-7H2,1-2H3,(H,18,19,20)/p+1/t8-,9-/m1/s1. The van der Waals surface area contributed by atoms with E-state index < -0.39 is 0 Å². The number of rotatable bonds is 3. The number of H-pyrrole nitrogens is 1. The minimum absolute atomic E-state index is 0.0677. The molecule has 0 spiro atoms. The number of thiophene rings is 1. The van der Waals surface area contributed by atoms with E-state index >= 15 is 0 Å². The molecule has 2 aromatic heterocycles. The number of hydrogen-bond acceptors (Lipinski definition) is 3. The molecule has 0 radical (unpaired) electrons. The summed E-state index contributed by atoms with van der Waals surface area (Å²) in [4.78, 5) is 22.7. The van der Waals surface area contributed by atoms with E-state index in [0.717, 1.165) is 40.8 Å². The number of nitrogens with one attached hydrogen (secondary N) is 1. The normalized spacial score (nSPS) is 23.2. The largest absolute Gasteiger partial charge is 0.335 e. The average Bonchev–Trinajstić information content (AvgIpc) is 3.16. The van der Waals surface area contributed by atoms with Gasteiger partial charge in [0.1, 0.15) is 10.9 Å². The predicted molar refractivity (Wildman–Crippen MR) is 84.8 cm³/mol. The number of aryl methyl sites for hydroxylation is 1. The summed E-state index contributed by atoms with van der Waals surface area (Å²) in [5, 5.41) is 3.20. The highest BCUT2D eigenvalue weighted by Gasteiger charge is 2.29. The van der Waals surface area contributed by atoms with E-state index in [9.17, 15) is 4.79 Å². The molecule has 4 nitrogen and oxygen atoms in total. The Bertz CT molecular complexity index is 744. The third-order valence-corrected chi connectivity index (χ3v) is 5.95. The molecular weight excluding hydrogens is 282 g/mol. The van der Waals surface area contributed by atoms with Crippen LogP contribution in [-0.2, 0) is 12.8 Å². The van der Waals surface area contributed by atoms with Gasteiger partial charge in [-0.05, 0) is 37.7 Å². The van der Waals surface area contributed by atoms with Gasteiger partial charge in [0, 0.05) is 17.7 Å². The molecule has 2 aliphatic carbocycles. The van der Waals surface area contributed by atoms with E-state index in [1.54, 1.807) is 11.3 Å². The van der Waals surface area contributed by atoms with Crippen molar-refractivity contribution in [3.8, 4) is 0 Å². The Morgan fingerprint density at radius 2 is 2.19 bits per heavy atom. The highest BCUT2D eigenvalue weighted by Crippen LogP contribution is 2.35.